The first-order valence-corrected chi connectivity index (χ1v) is 9.14. The van der Waals surface area contributed by atoms with E-state index in [9.17, 15) is 4.79 Å². The number of aromatic nitrogens is 2. The van der Waals surface area contributed by atoms with Gasteiger partial charge in [0.15, 0.2) is 11.5 Å². The average molecular weight is 361 g/mol. The molecule has 6 heteroatoms. The molecule has 27 heavy (non-hydrogen) atoms. The Hall–Kier alpha value is -3.28. The van der Waals surface area contributed by atoms with Crippen LogP contribution in [0.2, 0.25) is 0 Å². The first-order valence-electron chi connectivity index (χ1n) is 9.14. The van der Waals surface area contributed by atoms with Gasteiger partial charge in [-0.05, 0) is 37.1 Å². The number of para-hydroxylation sites is 1. The van der Waals surface area contributed by atoms with Crippen LogP contribution < -0.4 is 14.8 Å². The fourth-order valence-corrected chi connectivity index (χ4v) is 3.65. The maximum Gasteiger partial charge on any atom is 0.258 e. The maximum absolute atomic E-state index is 12.6. The molecule has 1 N–H and O–H groups in total. The number of hydrogen-bond donors (Lipinski definition) is 1. The molecule has 1 aromatic heterocycles. The van der Waals surface area contributed by atoms with Crippen LogP contribution >= 0.6 is 0 Å². The summed E-state index contributed by atoms with van der Waals surface area (Å²) in [6.07, 6.45) is 7.31. The number of nitrogens with zero attached hydrogens (tertiary/aromatic N) is 2. The zero-order valence-electron chi connectivity index (χ0n) is 14.7. The summed E-state index contributed by atoms with van der Waals surface area (Å²) in [6.45, 7) is 0. The van der Waals surface area contributed by atoms with Gasteiger partial charge in [-0.3, -0.25) is 4.79 Å². The number of rotatable bonds is 3. The van der Waals surface area contributed by atoms with Crippen LogP contribution in [0, 0.1) is 0 Å². The minimum absolute atomic E-state index is 0.216. The molecule has 1 fully saturated rings. The van der Waals surface area contributed by atoms with E-state index in [0.29, 0.717) is 17.0 Å². The van der Waals surface area contributed by atoms with E-state index in [1.165, 1.54) is 0 Å². The number of anilines is 1. The third kappa shape index (κ3) is 2.93. The molecule has 1 amide bonds. The van der Waals surface area contributed by atoms with Crippen molar-refractivity contribution in [1.82, 2.24) is 9.78 Å². The third-order valence-electron chi connectivity index (χ3n) is 5.02. The number of nitrogens with one attached hydrogen (secondary N) is 1. The van der Waals surface area contributed by atoms with E-state index in [2.05, 4.69) is 10.4 Å². The lowest BCUT2D eigenvalue weighted by Gasteiger charge is -2.21. The molecule has 1 spiro atoms. The van der Waals surface area contributed by atoms with Crippen LogP contribution in [0.15, 0.2) is 60.9 Å². The van der Waals surface area contributed by atoms with Crippen LogP contribution in [-0.4, -0.2) is 21.5 Å². The Bertz CT molecular complexity index is 991. The van der Waals surface area contributed by atoms with Gasteiger partial charge in [-0.25, -0.2) is 4.68 Å². The molecule has 1 aliphatic carbocycles. The average Bonchev–Trinajstić information content (AvgIpc) is 3.42. The van der Waals surface area contributed by atoms with Gasteiger partial charge in [-0.1, -0.05) is 18.2 Å². The Kier molecular flexibility index (Phi) is 3.63. The van der Waals surface area contributed by atoms with Crippen molar-refractivity contribution in [2.24, 2.45) is 0 Å². The molecule has 3 aromatic rings. The van der Waals surface area contributed by atoms with E-state index < -0.39 is 5.79 Å². The van der Waals surface area contributed by atoms with Gasteiger partial charge in [0.2, 0.25) is 0 Å². The predicted octanol–water partition coefficient (Wildman–Crippen LogP) is 4.17. The molecule has 0 bridgehead atoms. The van der Waals surface area contributed by atoms with Crippen molar-refractivity contribution in [3.05, 3.63) is 66.5 Å². The van der Waals surface area contributed by atoms with Gasteiger partial charge in [0.05, 0.1) is 17.4 Å². The standard InChI is InChI=1S/C21H19N3O3/c25-20(15-13-22-24(14-15)17-6-2-1-3-7-17)23-16-8-9-18-19(12-16)27-21(26-18)10-4-5-11-21/h1-3,6-9,12-14H,4-5,10-11H2,(H,23,25). The van der Waals surface area contributed by atoms with Crippen LogP contribution in [-0.2, 0) is 0 Å². The topological polar surface area (TPSA) is 65.4 Å². The molecule has 0 radical (unpaired) electrons. The summed E-state index contributed by atoms with van der Waals surface area (Å²) < 4.78 is 13.7. The second-order valence-corrected chi connectivity index (χ2v) is 6.95. The lowest BCUT2D eigenvalue weighted by Crippen LogP contribution is -2.34. The van der Waals surface area contributed by atoms with Crippen molar-refractivity contribution >= 4 is 11.6 Å². The van der Waals surface area contributed by atoms with Crippen molar-refractivity contribution in [2.75, 3.05) is 5.32 Å². The Morgan fingerprint density at radius 1 is 1.04 bits per heavy atom. The Balaban J connectivity index is 1.32. The third-order valence-corrected chi connectivity index (χ3v) is 5.02. The zero-order valence-corrected chi connectivity index (χ0v) is 14.7. The quantitative estimate of drug-likeness (QED) is 0.760. The smallest absolute Gasteiger partial charge is 0.258 e. The van der Waals surface area contributed by atoms with Crippen LogP contribution in [0.3, 0.4) is 0 Å². The van der Waals surface area contributed by atoms with E-state index >= 15 is 0 Å². The van der Waals surface area contributed by atoms with Crippen LogP contribution in [0.1, 0.15) is 36.0 Å². The summed E-state index contributed by atoms with van der Waals surface area (Å²) in [7, 11) is 0. The second-order valence-electron chi connectivity index (χ2n) is 6.95. The fraction of sp³-hybridized carbons (Fsp3) is 0.238. The summed E-state index contributed by atoms with van der Waals surface area (Å²) in [5.41, 5.74) is 2.06. The van der Waals surface area contributed by atoms with E-state index in [1.54, 1.807) is 17.1 Å². The Morgan fingerprint density at radius 2 is 1.81 bits per heavy atom. The maximum atomic E-state index is 12.6. The van der Waals surface area contributed by atoms with Gasteiger partial charge in [0, 0.05) is 30.8 Å². The minimum atomic E-state index is -0.498. The molecule has 2 heterocycles. The lowest BCUT2D eigenvalue weighted by atomic mass is 10.2. The molecular weight excluding hydrogens is 342 g/mol. The largest absolute Gasteiger partial charge is 0.448 e. The van der Waals surface area contributed by atoms with Gasteiger partial charge >= 0.3 is 0 Å². The number of hydrogen-bond acceptors (Lipinski definition) is 4. The number of benzene rings is 2. The van der Waals surface area contributed by atoms with Gasteiger partial charge < -0.3 is 14.8 Å². The molecule has 0 atom stereocenters. The van der Waals surface area contributed by atoms with Gasteiger partial charge in [-0.2, -0.15) is 5.10 Å². The second kappa shape index (κ2) is 6.16. The highest BCUT2D eigenvalue weighted by Crippen LogP contribution is 2.47. The van der Waals surface area contributed by atoms with E-state index in [4.69, 9.17) is 9.47 Å². The molecular formula is C21H19N3O3. The Labute approximate surface area is 156 Å². The fourth-order valence-electron chi connectivity index (χ4n) is 3.65. The van der Waals surface area contributed by atoms with Crippen molar-refractivity contribution in [2.45, 2.75) is 31.5 Å². The van der Waals surface area contributed by atoms with Crippen molar-refractivity contribution in [3.63, 3.8) is 0 Å². The minimum Gasteiger partial charge on any atom is -0.448 e. The van der Waals surface area contributed by atoms with Gasteiger partial charge in [0.25, 0.3) is 11.7 Å². The highest BCUT2D eigenvalue weighted by molar-refractivity contribution is 6.04. The van der Waals surface area contributed by atoms with Gasteiger partial charge in [0.1, 0.15) is 0 Å². The van der Waals surface area contributed by atoms with E-state index in [-0.39, 0.29) is 5.91 Å². The molecule has 0 unspecified atom stereocenters. The molecule has 1 saturated carbocycles. The highest BCUT2D eigenvalue weighted by Gasteiger charge is 2.44. The van der Waals surface area contributed by atoms with Crippen molar-refractivity contribution in [3.8, 4) is 17.2 Å². The number of fused-ring (bicyclic) bond motifs is 1. The SMILES string of the molecule is O=C(Nc1ccc2c(c1)OC1(CCCC1)O2)c1cnn(-c2ccccc2)c1. The zero-order chi connectivity index (χ0) is 18.3. The molecule has 2 aliphatic rings. The number of carbonyl (C=O) groups is 1. The van der Waals surface area contributed by atoms with E-state index in [1.807, 2.05) is 48.5 Å². The summed E-state index contributed by atoms with van der Waals surface area (Å²) >= 11 is 0. The lowest BCUT2D eigenvalue weighted by molar-refractivity contribution is -0.0716. The molecule has 0 saturated heterocycles. The van der Waals surface area contributed by atoms with Crippen LogP contribution in [0.25, 0.3) is 5.69 Å². The molecule has 136 valence electrons. The first kappa shape index (κ1) is 15.9. The summed E-state index contributed by atoms with van der Waals surface area (Å²) in [4.78, 5) is 12.6. The summed E-state index contributed by atoms with van der Waals surface area (Å²) in [6, 6.07) is 15.2. The molecule has 6 nitrogen and oxygen atoms in total. The van der Waals surface area contributed by atoms with Gasteiger partial charge in [-0.15, -0.1) is 0 Å². The molecule has 5 rings (SSSR count). The first-order chi connectivity index (χ1) is 13.2. The summed E-state index contributed by atoms with van der Waals surface area (Å²) in [5, 5.41) is 7.17. The number of ether oxygens (including phenoxy) is 2. The van der Waals surface area contributed by atoms with Crippen molar-refractivity contribution in [1.29, 1.82) is 0 Å². The Morgan fingerprint density at radius 3 is 2.63 bits per heavy atom. The van der Waals surface area contributed by atoms with Crippen LogP contribution in [0.5, 0.6) is 11.5 Å². The highest BCUT2D eigenvalue weighted by atomic mass is 16.7. The van der Waals surface area contributed by atoms with Crippen LogP contribution in [0.4, 0.5) is 5.69 Å². The predicted molar refractivity (Wildman–Crippen MR) is 100 cm³/mol. The normalized spacial score (nSPS) is 16.6. The summed E-state index contributed by atoms with van der Waals surface area (Å²) in [5.74, 6) is 0.718. The molecule has 1 aliphatic heterocycles. The number of carbonyl (C=O) groups excluding carboxylic acids is 1. The number of amides is 1. The van der Waals surface area contributed by atoms with E-state index in [0.717, 1.165) is 37.1 Å². The van der Waals surface area contributed by atoms with Crippen molar-refractivity contribution < 1.29 is 14.3 Å². The molecule has 2 aromatic carbocycles. The monoisotopic (exact) mass is 361 g/mol.